The molecule has 8 heteroatoms. The fraction of sp³-hybridized carbons (Fsp3) is 0.588. The zero-order chi connectivity index (χ0) is 19.0. The number of carbonyl (C=O) groups excluding carboxylic acids is 1. The molecule has 0 spiro atoms. The molecule has 25 heavy (non-hydrogen) atoms. The van der Waals surface area contributed by atoms with Gasteiger partial charge in [-0.05, 0) is 23.6 Å². The molecule has 0 bridgehead atoms. The van der Waals surface area contributed by atoms with Gasteiger partial charge < -0.3 is 16.4 Å². The maximum absolute atomic E-state index is 12.6. The summed E-state index contributed by atoms with van der Waals surface area (Å²) in [7, 11) is 0. The van der Waals surface area contributed by atoms with Gasteiger partial charge in [-0.25, -0.2) is 0 Å². The number of hydrogen-bond donors (Lipinski definition) is 4. The number of thiol groups is 1. The fourth-order valence-corrected chi connectivity index (χ4v) is 2.37. The molecule has 1 unspecified atom stereocenters. The number of nitrogens with one attached hydrogen (secondary N) is 2. The van der Waals surface area contributed by atoms with Gasteiger partial charge in [-0.15, -0.1) is 0 Å². The number of alkyl halides is 3. The first-order chi connectivity index (χ1) is 11.7. The van der Waals surface area contributed by atoms with Crippen LogP contribution >= 0.6 is 12.6 Å². The van der Waals surface area contributed by atoms with Crippen molar-refractivity contribution in [2.45, 2.75) is 45.1 Å². The van der Waals surface area contributed by atoms with Gasteiger partial charge in [-0.2, -0.15) is 25.8 Å². The SMILES string of the molecule is CC[C@H](C)[C@@H](NCC(N)CS)C(=O)NCc1ccc(C(F)(F)F)cc1. The minimum absolute atomic E-state index is 0.0970. The van der Waals surface area contributed by atoms with Crippen LogP contribution in [-0.2, 0) is 17.5 Å². The smallest absolute Gasteiger partial charge is 0.351 e. The maximum Gasteiger partial charge on any atom is 0.416 e. The summed E-state index contributed by atoms with van der Waals surface area (Å²) in [5.41, 5.74) is 5.72. The fourth-order valence-electron chi connectivity index (χ4n) is 2.24. The Kier molecular flexibility index (Phi) is 8.75. The molecular formula is C17H26F3N3OS. The molecule has 4 nitrogen and oxygen atoms in total. The highest BCUT2D eigenvalue weighted by Gasteiger charge is 2.30. The molecule has 1 amide bonds. The molecule has 0 aliphatic rings. The normalized spacial score (nSPS) is 15.5. The van der Waals surface area contributed by atoms with Crippen molar-refractivity contribution in [3.8, 4) is 0 Å². The summed E-state index contributed by atoms with van der Waals surface area (Å²) in [6, 6.07) is 4.19. The lowest BCUT2D eigenvalue weighted by atomic mass is 9.98. The summed E-state index contributed by atoms with van der Waals surface area (Å²) in [5, 5.41) is 5.92. The van der Waals surface area contributed by atoms with Gasteiger partial charge in [0.15, 0.2) is 0 Å². The Morgan fingerprint density at radius 2 is 1.88 bits per heavy atom. The Balaban J connectivity index is 2.64. The number of amides is 1. The first-order valence-corrected chi connectivity index (χ1v) is 8.86. The van der Waals surface area contributed by atoms with E-state index >= 15 is 0 Å². The number of halogens is 3. The van der Waals surface area contributed by atoms with Gasteiger partial charge in [-0.1, -0.05) is 32.4 Å². The first-order valence-electron chi connectivity index (χ1n) is 8.22. The van der Waals surface area contributed by atoms with Crippen molar-refractivity contribution in [3.05, 3.63) is 35.4 Å². The summed E-state index contributed by atoms with van der Waals surface area (Å²) in [6.07, 6.45) is -3.55. The van der Waals surface area contributed by atoms with Crippen LogP contribution in [0.5, 0.6) is 0 Å². The molecule has 0 fully saturated rings. The topological polar surface area (TPSA) is 67.1 Å². The number of hydrogen-bond acceptors (Lipinski definition) is 4. The van der Waals surface area contributed by atoms with Gasteiger partial charge in [0.05, 0.1) is 11.6 Å². The largest absolute Gasteiger partial charge is 0.416 e. The Morgan fingerprint density at radius 1 is 1.28 bits per heavy atom. The third-order valence-corrected chi connectivity index (χ3v) is 4.55. The number of rotatable bonds is 9. The summed E-state index contributed by atoms with van der Waals surface area (Å²) in [4.78, 5) is 12.4. The van der Waals surface area contributed by atoms with Gasteiger partial charge in [0.25, 0.3) is 0 Å². The molecule has 142 valence electrons. The minimum Gasteiger partial charge on any atom is -0.351 e. The van der Waals surface area contributed by atoms with Crippen molar-refractivity contribution < 1.29 is 18.0 Å². The van der Waals surface area contributed by atoms with Crippen molar-refractivity contribution >= 4 is 18.5 Å². The molecule has 0 saturated heterocycles. The van der Waals surface area contributed by atoms with Crippen LogP contribution < -0.4 is 16.4 Å². The van der Waals surface area contributed by atoms with E-state index in [0.29, 0.717) is 17.9 Å². The molecule has 0 saturated carbocycles. The monoisotopic (exact) mass is 377 g/mol. The van der Waals surface area contributed by atoms with Gasteiger partial charge >= 0.3 is 6.18 Å². The molecule has 3 atom stereocenters. The van der Waals surface area contributed by atoms with Crippen LogP contribution in [0.4, 0.5) is 13.2 Å². The van der Waals surface area contributed by atoms with Crippen LogP contribution in [0.2, 0.25) is 0 Å². The molecule has 0 aromatic heterocycles. The van der Waals surface area contributed by atoms with Crippen LogP contribution in [0.1, 0.15) is 31.4 Å². The van der Waals surface area contributed by atoms with Gasteiger partial charge in [0.1, 0.15) is 0 Å². The van der Waals surface area contributed by atoms with E-state index in [0.717, 1.165) is 18.6 Å². The Hall–Kier alpha value is -1.25. The average Bonchev–Trinajstić information content (AvgIpc) is 2.59. The predicted molar refractivity (Wildman–Crippen MR) is 96.4 cm³/mol. The maximum atomic E-state index is 12.6. The number of nitrogens with two attached hydrogens (primary N) is 1. The Morgan fingerprint density at radius 3 is 2.36 bits per heavy atom. The lowest BCUT2D eigenvalue weighted by Gasteiger charge is -2.25. The van der Waals surface area contributed by atoms with E-state index in [4.69, 9.17) is 5.73 Å². The highest BCUT2D eigenvalue weighted by molar-refractivity contribution is 7.80. The molecule has 4 N–H and O–H groups in total. The zero-order valence-electron chi connectivity index (χ0n) is 14.4. The van der Waals surface area contributed by atoms with Gasteiger partial charge in [0.2, 0.25) is 5.91 Å². The van der Waals surface area contributed by atoms with Crippen LogP contribution in [0.15, 0.2) is 24.3 Å². The standard InChI is InChI=1S/C17H26F3N3OS/c1-3-11(2)15(22-9-14(21)10-25)16(24)23-8-12-4-6-13(7-5-12)17(18,19)20/h4-7,11,14-15,22,25H,3,8-10,21H2,1-2H3,(H,23,24)/t11-,14?,15+/m0/s1. The predicted octanol–water partition coefficient (Wildman–Crippen LogP) is 2.58. The molecule has 0 radical (unpaired) electrons. The molecular weight excluding hydrogens is 351 g/mol. The van der Waals surface area contributed by atoms with Crippen LogP contribution in [0.3, 0.4) is 0 Å². The lowest BCUT2D eigenvalue weighted by molar-refractivity contribution is -0.137. The van der Waals surface area contributed by atoms with E-state index in [1.807, 2.05) is 13.8 Å². The molecule has 0 aliphatic heterocycles. The van der Waals surface area contributed by atoms with Crippen molar-refractivity contribution in [1.82, 2.24) is 10.6 Å². The third-order valence-electron chi connectivity index (χ3n) is 4.08. The van der Waals surface area contributed by atoms with Crippen LogP contribution in [-0.4, -0.2) is 30.3 Å². The highest BCUT2D eigenvalue weighted by Crippen LogP contribution is 2.29. The molecule has 0 heterocycles. The summed E-state index contributed by atoms with van der Waals surface area (Å²) >= 11 is 4.12. The van der Waals surface area contributed by atoms with Crippen LogP contribution in [0, 0.1) is 5.92 Å². The van der Waals surface area contributed by atoms with E-state index < -0.39 is 17.8 Å². The van der Waals surface area contributed by atoms with E-state index in [-0.39, 0.29) is 24.4 Å². The number of benzene rings is 1. The van der Waals surface area contributed by atoms with Crippen molar-refractivity contribution in [3.63, 3.8) is 0 Å². The van der Waals surface area contributed by atoms with E-state index in [1.165, 1.54) is 12.1 Å². The molecule has 1 aromatic carbocycles. The molecule has 1 aromatic rings. The van der Waals surface area contributed by atoms with Crippen molar-refractivity contribution in [1.29, 1.82) is 0 Å². The van der Waals surface area contributed by atoms with Crippen molar-refractivity contribution in [2.24, 2.45) is 11.7 Å². The second-order valence-electron chi connectivity index (χ2n) is 6.13. The first kappa shape index (κ1) is 21.8. The van der Waals surface area contributed by atoms with E-state index in [2.05, 4.69) is 23.3 Å². The Bertz CT molecular complexity index is 537. The third kappa shape index (κ3) is 7.25. The van der Waals surface area contributed by atoms with E-state index in [9.17, 15) is 18.0 Å². The summed E-state index contributed by atoms with van der Waals surface area (Å²) in [6.45, 7) is 4.58. The minimum atomic E-state index is -4.36. The lowest BCUT2D eigenvalue weighted by Crippen LogP contribution is -2.51. The second kappa shape index (κ2) is 10.0. The summed E-state index contributed by atoms with van der Waals surface area (Å²) in [5.74, 6) is 0.410. The zero-order valence-corrected chi connectivity index (χ0v) is 15.3. The summed E-state index contributed by atoms with van der Waals surface area (Å²) < 4.78 is 37.7. The van der Waals surface area contributed by atoms with Gasteiger partial charge in [-0.3, -0.25) is 4.79 Å². The second-order valence-corrected chi connectivity index (χ2v) is 6.49. The van der Waals surface area contributed by atoms with Gasteiger partial charge in [0, 0.05) is 24.9 Å². The van der Waals surface area contributed by atoms with Crippen LogP contribution in [0.25, 0.3) is 0 Å². The number of carbonyl (C=O) groups is 1. The highest BCUT2D eigenvalue weighted by atomic mass is 32.1. The van der Waals surface area contributed by atoms with E-state index in [1.54, 1.807) is 0 Å². The quantitative estimate of drug-likeness (QED) is 0.500. The molecule has 1 rings (SSSR count). The Labute approximate surface area is 152 Å². The molecule has 0 aliphatic carbocycles. The van der Waals surface area contributed by atoms with Crippen molar-refractivity contribution in [2.75, 3.05) is 12.3 Å². The average molecular weight is 377 g/mol.